The van der Waals surface area contributed by atoms with Crippen molar-refractivity contribution >= 4 is 71.3 Å². The smallest absolute Gasteiger partial charge is 0.271 e. The van der Waals surface area contributed by atoms with Crippen molar-refractivity contribution in [3.8, 4) is 5.75 Å². The number of nitrogens with zero attached hydrogens (tertiary/aromatic N) is 1. The number of rotatable bonds is 7. The van der Waals surface area contributed by atoms with Crippen LogP contribution < -0.4 is 9.46 Å². The largest absolute Gasteiger partial charge is 0.491 e. The second-order valence-electron chi connectivity index (χ2n) is 6.56. The zero-order chi connectivity index (χ0) is 20.5. The minimum Gasteiger partial charge on any atom is -0.491 e. The van der Waals surface area contributed by atoms with Gasteiger partial charge in [0, 0.05) is 22.3 Å². The highest BCUT2D eigenvalue weighted by molar-refractivity contribution is 14.1. The summed E-state index contributed by atoms with van der Waals surface area (Å²) in [7, 11) is 0.220. The van der Waals surface area contributed by atoms with Gasteiger partial charge >= 0.3 is 0 Å². The fraction of sp³-hybridized carbons (Fsp3) is 0.263. The van der Waals surface area contributed by atoms with Crippen molar-refractivity contribution in [1.82, 2.24) is 4.90 Å². The minimum atomic E-state index is -3.72. The number of hydrogen-bond acceptors (Lipinski definition) is 5. The minimum absolute atomic E-state index is 0.290. The van der Waals surface area contributed by atoms with Crippen LogP contribution in [0.3, 0.4) is 0 Å². The van der Waals surface area contributed by atoms with E-state index in [1.165, 1.54) is 11.3 Å². The Morgan fingerprint density at radius 3 is 2.68 bits per heavy atom. The van der Waals surface area contributed by atoms with Gasteiger partial charge in [-0.15, -0.1) is 11.3 Å². The molecule has 0 saturated carbocycles. The Bertz CT molecular complexity index is 1110. The summed E-state index contributed by atoms with van der Waals surface area (Å²) >= 11 is 9.47. The summed E-state index contributed by atoms with van der Waals surface area (Å²) in [6, 6.07) is 10.7. The van der Waals surface area contributed by atoms with Crippen LogP contribution in [-0.4, -0.2) is 40.6 Å². The highest BCUT2D eigenvalue weighted by atomic mass is 127. The molecule has 0 aliphatic carbocycles. The lowest BCUT2D eigenvalue weighted by molar-refractivity contribution is 0.260. The lowest BCUT2D eigenvalue weighted by atomic mass is 10.2. The van der Waals surface area contributed by atoms with Crippen LogP contribution in [0.15, 0.2) is 40.6 Å². The molecule has 0 amide bonds. The van der Waals surface area contributed by atoms with Gasteiger partial charge in [-0.3, -0.25) is 4.72 Å². The Morgan fingerprint density at radius 2 is 1.96 bits per heavy atom. The third kappa shape index (κ3) is 4.91. The Morgan fingerprint density at radius 1 is 1.21 bits per heavy atom. The van der Waals surface area contributed by atoms with Crippen molar-refractivity contribution in [1.29, 1.82) is 0 Å². The lowest BCUT2D eigenvalue weighted by Crippen LogP contribution is -2.19. The number of ether oxygens (including phenoxy) is 1. The summed E-state index contributed by atoms with van der Waals surface area (Å²) < 4.78 is 36.6. The van der Waals surface area contributed by atoms with Gasteiger partial charge in [0.15, 0.2) is 0 Å². The predicted octanol–water partition coefficient (Wildman–Crippen LogP) is 5.21. The zero-order valence-corrected chi connectivity index (χ0v) is 20.2. The molecule has 1 N–H and O–H groups in total. The maximum absolute atomic E-state index is 13.0. The van der Waals surface area contributed by atoms with E-state index in [4.69, 9.17) is 16.3 Å². The Kier molecular flexibility index (Phi) is 6.76. The van der Waals surface area contributed by atoms with Crippen molar-refractivity contribution in [3.63, 3.8) is 0 Å². The van der Waals surface area contributed by atoms with Gasteiger partial charge in [0.05, 0.1) is 9.26 Å². The number of anilines is 1. The Labute approximate surface area is 187 Å². The average Bonchev–Trinajstić information content (AvgIpc) is 2.94. The molecule has 5 nitrogen and oxygen atoms in total. The van der Waals surface area contributed by atoms with Gasteiger partial charge in [0.2, 0.25) is 0 Å². The summed E-state index contributed by atoms with van der Waals surface area (Å²) in [4.78, 5) is 2.02. The lowest BCUT2D eigenvalue weighted by Gasteiger charge is -2.14. The van der Waals surface area contributed by atoms with Crippen LogP contribution >= 0.6 is 45.5 Å². The molecule has 0 saturated heterocycles. The van der Waals surface area contributed by atoms with E-state index >= 15 is 0 Å². The standard InChI is InChI=1S/C19H20ClIN2O3S2/c1-12-15-10-13(20)4-7-18(15)27-19(12)28(24,25)22-14-5-6-16(21)17(11-14)26-9-8-23(2)3/h4-7,10-11,22H,8-9H2,1-3H3. The molecule has 150 valence electrons. The monoisotopic (exact) mass is 550 g/mol. The van der Waals surface area contributed by atoms with Gasteiger partial charge in [-0.1, -0.05) is 11.6 Å². The number of benzene rings is 2. The number of fused-ring (bicyclic) bond motifs is 1. The molecule has 0 unspecified atom stereocenters. The summed E-state index contributed by atoms with van der Waals surface area (Å²) in [6.07, 6.45) is 0. The molecule has 0 aliphatic rings. The predicted molar refractivity (Wildman–Crippen MR) is 126 cm³/mol. The molecule has 3 aromatic rings. The second kappa shape index (κ2) is 8.74. The molecule has 0 bridgehead atoms. The molecular formula is C19H20ClIN2O3S2. The fourth-order valence-corrected chi connectivity index (χ4v) is 6.10. The first-order valence-corrected chi connectivity index (χ1v) is 12.2. The quantitative estimate of drug-likeness (QED) is 0.411. The molecule has 9 heteroatoms. The van der Waals surface area contributed by atoms with Crippen molar-refractivity contribution in [2.75, 3.05) is 32.0 Å². The van der Waals surface area contributed by atoms with Crippen molar-refractivity contribution in [3.05, 3.63) is 50.6 Å². The van der Waals surface area contributed by atoms with Gasteiger partial charge in [-0.05, 0) is 84.9 Å². The van der Waals surface area contributed by atoms with Gasteiger partial charge in [-0.2, -0.15) is 0 Å². The molecule has 0 spiro atoms. The van der Waals surface area contributed by atoms with E-state index in [-0.39, 0.29) is 0 Å². The van der Waals surface area contributed by atoms with Crippen LogP contribution in [-0.2, 0) is 10.0 Å². The second-order valence-corrected chi connectivity index (χ2v) is 11.1. The molecule has 0 fully saturated rings. The number of thiophene rings is 1. The summed E-state index contributed by atoms with van der Waals surface area (Å²) in [6.45, 7) is 3.10. The average molecular weight is 551 g/mol. The number of hydrogen-bond donors (Lipinski definition) is 1. The van der Waals surface area contributed by atoms with E-state index in [0.717, 1.165) is 20.2 Å². The van der Waals surface area contributed by atoms with Gasteiger partial charge in [-0.25, -0.2) is 8.42 Å². The van der Waals surface area contributed by atoms with Crippen molar-refractivity contribution in [2.45, 2.75) is 11.1 Å². The molecule has 0 radical (unpaired) electrons. The molecule has 1 heterocycles. The van der Waals surface area contributed by atoms with Crippen molar-refractivity contribution < 1.29 is 13.2 Å². The van der Waals surface area contributed by atoms with Crippen LogP contribution in [0.4, 0.5) is 5.69 Å². The van der Waals surface area contributed by atoms with Crippen LogP contribution in [0, 0.1) is 10.5 Å². The first-order chi connectivity index (χ1) is 13.2. The normalized spacial score (nSPS) is 11.9. The summed E-state index contributed by atoms with van der Waals surface area (Å²) in [5.74, 6) is 0.655. The number of nitrogens with one attached hydrogen (secondary N) is 1. The van der Waals surface area contributed by atoms with Crippen LogP contribution in [0.25, 0.3) is 10.1 Å². The summed E-state index contributed by atoms with van der Waals surface area (Å²) in [5, 5.41) is 1.44. The van der Waals surface area contributed by atoms with E-state index in [1.54, 1.807) is 31.2 Å². The highest BCUT2D eigenvalue weighted by Crippen LogP contribution is 2.36. The zero-order valence-electron chi connectivity index (χ0n) is 15.6. The maximum Gasteiger partial charge on any atom is 0.271 e. The van der Waals surface area contributed by atoms with E-state index in [2.05, 4.69) is 27.3 Å². The summed E-state index contributed by atoms with van der Waals surface area (Å²) in [5.41, 5.74) is 1.16. The molecule has 0 aliphatic heterocycles. The Hall–Kier alpha value is -1.07. The van der Waals surface area contributed by atoms with Crippen molar-refractivity contribution in [2.24, 2.45) is 0 Å². The number of sulfonamides is 1. The first-order valence-electron chi connectivity index (χ1n) is 8.46. The third-order valence-electron chi connectivity index (χ3n) is 4.08. The highest BCUT2D eigenvalue weighted by Gasteiger charge is 2.22. The molecule has 3 rings (SSSR count). The molecule has 0 atom stereocenters. The third-order valence-corrected chi connectivity index (χ3v) is 8.48. The first kappa shape index (κ1) is 21.6. The van der Waals surface area contributed by atoms with E-state index < -0.39 is 10.0 Å². The maximum atomic E-state index is 13.0. The van der Waals surface area contributed by atoms with E-state index in [9.17, 15) is 8.42 Å². The Balaban J connectivity index is 1.87. The van der Waals surface area contributed by atoms with E-state index in [0.29, 0.717) is 32.8 Å². The van der Waals surface area contributed by atoms with Crippen LogP contribution in [0.2, 0.25) is 5.02 Å². The topological polar surface area (TPSA) is 58.6 Å². The number of halogens is 2. The number of aryl methyl sites for hydroxylation is 1. The molecular weight excluding hydrogens is 531 g/mol. The fourth-order valence-electron chi connectivity index (χ4n) is 2.64. The molecule has 28 heavy (non-hydrogen) atoms. The van der Waals surface area contributed by atoms with Crippen LogP contribution in [0.5, 0.6) is 5.75 Å². The van der Waals surface area contributed by atoms with Gasteiger partial charge in [0.1, 0.15) is 16.6 Å². The van der Waals surface area contributed by atoms with E-state index in [1.807, 2.05) is 31.1 Å². The van der Waals surface area contributed by atoms with Gasteiger partial charge < -0.3 is 9.64 Å². The van der Waals surface area contributed by atoms with Crippen LogP contribution in [0.1, 0.15) is 5.56 Å². The number of likely N-dealkylation sites (N-methyl/N-ethyl adjacent to an activating group) is 1. The SMILES string of the molecule is Cc1c(S(=O)(=O)Nc2ccc(I)c(OCCN(C)C)c2)sc2ccc(Cl)cc12. The van der Waals surface area contributed by atoms with Gasteiger partial charge in [0.25, 0.3) is 10.0 Å². The molecule has 1 aromatic heterocycles. The molecule has 2 aromatic carbocycles.